The Bertz CT molecular complexity index is 460. The molecule has 1 aromatic heterocycles. The molecule has 0 aliphatic heterocycles. The van der Waals surface area contributed by atoms with Gasteiger partial charge < -0.3 is 0 Å². The molecule has 0 spiro atoms. The minimum atomic E-state index is -2.68. The summed E-state index contributed by atoms with van der Waals surface area (Å²) in [5, 5.41) is 17.1. The molecule has 0 amide bonds. The first-order valence-corrected chi connectivity index (χ1v) is 4.92. The van der Waals surface area contributed by atoms with Gasteiger partial charge in [-0.25, -0.2) is 13.8 Å². The molecule has 76 valence electrons. The topological polar surface area (TPSA) is 60.5 Å². The Morgan fingerprint density at radius 3 is 2.60 bits per heavy atom. The first kappa shape index (κ1) is 11.8. The lowest BCUT2D eigenvalue weighted by Gasteiger charge is -2.07. The van der Waals surface area contributed by atoms with Crippen LogP contribution < -0.4 is 0 Å². The highest BCUT2D eigenvalue weighted by atomic mass is 127. The molecular weight excluding hydrogens is 315 g/mol. The first-order valence-electron chi connectivity index (χ1n) is 3.84. The molecule has 3 nitrogen and oxygen atoms in total. The van der Waals surface area contributed by atoms with E-state index in [1.807, 2.05) is 0 Å². The van der Waals surface area contributed by atoms with Crippen LogP contribution in [0, 0.1) is 26.4 Å². The lowest BCUT2D eigenvalue weighted by Crippen LogP contribution is -2.02. The highest BCUT2D eigenvalue weighted by Crippen LogP contribution is 2.27. The Hall–Kier alpha value is -1.28. The summed E-state index contributed by atoms with van der Waals surface area (Å²) in [6, 6.07) is 4.78. The number of hydrogen-bond donors (Lipinski definition) is 0. The number of halogens is 3. The van der Waals surface area contributed by atoms with Gasteiger partial charge in [0, 0.05) is 0 Å². The average Bonchev–Trinajstić information content (AvgIpc) is 2.16. The smallest absolute Gasteiger partial charge is 0.231 e. The number of hydrogen-bond acceptors (Lipinski definition) is 3. The Balaban J connectivity index is 3.38. The minimum absolute atomic E-state index is 0.0500. The highest BCUT2D eigenvalue weighted by molar-refractivity contribution is 14.1. The summed E-state index contributed by atoms with van der Waals surface area (Å²) in [6.07, 6.45) is -2.83. The number of alkyl halides is 2. The van der Waals surface area contributed by atoms with Gasteiger partial charge in [-0.3, -0.25) is 0 Å². The van der Waals surface area contributed by atoms with Gasteiger partial charge in [0.1, 0.15) is 15.5 Å². The first-order chi connectivity index (χ1) is 7.10. The molecule has 1 rings (SSSR count). The van der Waals surface area contributed by atoms with Crippen molar-refractivity contribution in [3.63, 3.8) is 0 Å². The van der Waals surface area contributed by atoms with E-state index >= 15 is 0 Å². The Morgan fingerprint density at radius 1 is 1.47 bits per heavy atom. The monoisotopic (exact) mass is 319 g/mol. The summed E-state index contributed by atoms with van der Waals surface area (Å²) in [4.78, 5) is 3.69. The summed E-state index contributed by atoms with van der Waals surface area (Å²) >= 11 is 1.64. The van der Waals surface area contributed by atoms with Crippen molar-refractivity contribution in [3.05, 3.63) is 26.6 Å². The number of rotatable bonds is 2. The van der Waals surface area contributed by atoms with Crippen molar-refractivity contribution in [2.24, 2.45) is 0 Å². The fourth-order valence-electron chi connectivity index (χ4n) is 1.09. The molecule has 15 heavy (non-hydrogen) atoms. The van der Waals surface area contributed by atoms with Crippen LogP contribution in [0.15, 0.2) is 6.07 Å². The van der Waals surface area contributed by atoms with Gasteiger partial charge in [-0.2, -0.15) is 10.5 Å². The number of aromatic nitrogens is 1. The molecule has 0 aliphatic carbocycles. The summed E-state index contributed by atoms with van der Waals surface area (Å²) in [6.45, 7) is 0. The number of pyridine rings is 1. The van der Waals surface area contributed by atoms with Crippen molar-refractivity contribution in [1.82, 2.24) is 4.98 Å². The summed E-state index contributed by atoms with van der Waals surface area (Å²) in [7, 11) is 0. The van der Waals surface area contributed by atoms with E-state index in [-0.39, 0.29) is 26.9 Å². The maximum absolute atomic E-state index is 12.6. The maximum Gasteiger partial charge on any atom is 0.266 e. The predicted octanol–water partition coefficient (Wildman–Crippen LogP) is 2.56. The van der Waals surface area contributed by atoms with E-state index in [4.69, 9.17) is 10.5 Å². The molecule has 0 radical (unpaired) electrons. The van der Waals surface area contributed by atoms with E-state index in [0.29, 0.717) is 0 Å². The highest BCUT2D eigenvalue weighted by Gasteiger charge is 2.18. The molecule has 0 saturated heterocycles. The minimum Gasteiger partial charge on any atom is -0.231 e. The SMILES string of the molecule is N#CCc1cc(C#N)nc(I)c1C(F)F. The zero-order valence-corrected chi connectivity index (χ0v) is 9.49. The van der Waals surface area contributed by atoms with Gasteiger partial charge >= 0.3 is 0 Å². The van der Waals surface area contributed by atoms with E-state index in [1.165, 1.54) is 6.07 Å². The van der Waals surface area contributed by atoms with Crippen LogP contribution in [-0.2, 0) is 6.42 Å². The van der Waals surface area contributed by atoms with E-state index in [9.17, 15) is 8.78 Å². The molecule has 0 aliphatic rings. The quantitative estimate of drug-likeness (QED) is 0.622. The van der Waals surface area contributed by atoms with E-state index in [0.717, 1.165) is 0 Å². The van der Waals surface area contributed by atoms with E-state index < -0.39 is 6.43 Å². The van der Waals surface area contributed by atoms with Gasteiger partial charge in [0.2, 0.25) is 0 Å². The van der Waals surface area contributed by atoms with Crippen molar-refractivity contribution >= 4 is 22.6 Å². The van der Waals surface area contributed by atoms with Gasteiger partial charge in [0.15, 0.2) is 0 Å². The number of nitriles is 2. The van der Waals surface area contributed by atoms with Gasteiger partial charge in [-0.15, -0.1) is 0 Å². The van der Waals surface area contributed by atoms with Gasteiger partial charge in [-0.05, 0) is 34.2 Å². The third kappa shape index (κ3) is 2.60. The molecule has 0 unspecified atom stereocenters. The molecule has 0 fully saturated rings. The fourth-order valence-corrected chi connectivity index (χ4v) is 1.93. The standard InChI is InChI=1S/C9H4F2IN3/c10-8(11)7-5(1-2-13)3-6(4-14)15-9(7)12/h3,8H,1H2. The largest absolute Gasteiger partial charge is 0.266 e. The normalized spacial score (nSPS) is 9.73. The molecule has 0 atom stereocenters. The molecular formula is C9H4F2IN3. The van der Waals surface area contributed by atoms with Crippen LogP contribution in [0.5, 0.6) is 0 Å². The molecule has 0 saturated carbocycles. The average molecular weight is 319 g/mol. The summed E-state index contributed by atoms with van der Waals surface area (Å²) in [5.74, 6) is 0. The van der Waals surface area contributed by atoms with Crippen molar-refractivity contribution in [3.8, 4) is 12.1 Å². The second kappa shape index (κ2) is 4.99. The van der Waals surface area contributed by atoms with Crippen molar-refractivity contribution in [2.75, 3.05) is 0 Å². The van der Waals surface area contributed by atoms with Crippen LogP contribution in [0.2, 0.25) is 0 Å². The van der Waals surface area contributed by atoms with Gasteiger partial charge in [0.05, 0.1) is 18.1 Å². The summed E-state index contributed by atoms with van der Waals surface area (Å²) in [5.41, 5.74) is -0.0337. The van der Waals surface area contributed by atoms with Crippen molar-refractivity contribution < 1.29 is 8.78 Å². The molecule has 0 N–H and O–H groups in total. The molecule has 1 aromatic rings. The summed E-state index contributed by atoms with van der Waals surface area (Å²) < 4.78 is 25.3. The van der Waals surface area contributed by atoms with Crippen molar-refractivity contribution in [2.45, 2.75) is 12.8 Å². The molecule has 0 aromatic carbocycles. The van der Waals surface area contributed by atoms with Gasteiger partial charge in [0.25, 0.3) is 6.43 Å². The molecule has 1 heterocycles. The second-order valence-electron chi connectivity index (χ2n) is 2.62. The van der Waals surface area contributed by atoms with Crippen LogP contribution >= 0.6 is 22.6 Å². The Morgan fingerprint density at radius 2 is 2.13 bits per heavy atom. The van der Waals surface area contributed by atoms with Crippen LogP contribution in [0.1, 0.15) is 23.2 Å². The zero-order chi connectivity index (χ0) is 11.4. The van der Waals surface area contributed by atoms with Crippen LogP contribution in [0.3, 0.4) is 0 Å². The second-order valence-corrected chi connectivity index (χ2v) is 3.64. The Labute approximate surface area is 98.5 Å². The third-order valence-corrected chi connectivity index (χ3v) is 2.52. The molecule has 6 heteroatoms. The van der Waals surface area contributed by atoms with Crippen LogP contribution in [-0.4, -0.2) is 4.98 Å². The molecule has 0 bridgehead atoms. The predicted molar refractivity (Wildman–Crippen MR) is 55.9 cm³/mol. The zero-order valence-electron chi connectivity index (χ0n) is 7.34. The fraction of sp³-hybridized carbons (Fsp3) is 0.222. The van der Waals surface area contributed by atoms with E-state index in [2.05, 4.69) is 4.98 Å². The van der Waals surface area contributed by atoms with Crippen LogP contribution in [0.25, 0.3) is 0 Å². The lowest BCUT2D eigenvalue weighted by atomic mass is 10.1. The Kier molecular flexibility index (Phi) is 3.92. The third-order valence-electron chi connectivity index (χ3n) is 1.70. The van der Waals surface area contributed by atoms with E-state index in [1.54, 1.807) is 34.7 Å². The van der Waals surface area contributed by atoms with Crippen molar-refractivity contribution in [1.29, 1.82) is 10.5 Å². The lowest BCUT2D eigenvalue weighted by molar-refractivity contribution is 0.149. The van der Waals surface area contributed by atoms with Crippen LogP contribution in [0.4, 0.5) is 8.78 Å². The maximum atomic E-state index is 12.6. The van der Waals surface area contributed by atoms with Gasteiger partial charge in [-0.1, -0.05) is 0 Å². The number of nitrogens with zero attached hydrogens (tertiary/aromatic N) is 3.